The molecule has 0 spiro atoms. The number of hydrogen-bond acceptors (Lipinski definition) is 6. The van der Waals surface area contributed by atoms with Gasteiger partial charge in [0.15, 0.2) is 17.3 Å². The van der Waals surface area contributed by atoms with Crippen LogP contribution in [0.2, 0.25) is 0 Å². The zero-order valence-electron chi connectivity index (χ0n) is 20.6. The van der Waals surface area contributed by atoms with Gasteiger partial charge in [-0.1, -0.05) is 12.1 Å². The van der Waals surface area contributed by atoms with E-state index in [1.807, 2.05) is 35.4 Å². The van der Waals surface area contributed by atoms with E-state index in [4.69, 9.17) is 14.2 Å². The molecule has 7 nitrogen and oxygen atoms in total. The van der Waals surface area contributed by atoms with Crippen LogP contribution in [0.25, 0.3) is 0 Å². The number of hydrogen-bond donors (Lipinski definition) is 0. The van der Waals surface area contributed by atoms with E-state index in [-0.39, 0.29) is 24.2 Å². The van der Waals surface area contributed by atoms with E-state index in [1.54, 1.807) is 32.4 Å². The molecule has 36 heavy (non-hydrogen) atoms. The van der Waals surface area contributed by atoms with Crippen LogP contribution in [0.3, 0.4) is 0 Å². The molecule has 3 aromatic rings. The SMILES string of the molecule is COc1ccc([C@H](c2ccccn2)C2CCN(C(=O)c3ccc4c(c3)CC(=O)CO4)CC2)cc1OC. The third-order valence-corrected chi connectivity index (χ3v) is 7.16. The maximum absolute atomic E-state index is 13.3. The second-order valence-corrected chi connectivity index (χ2v) is 9.30. The van der Waals surface area contributed by atoms with Crippen LogP contribution in [0.15, 0.2) is 60.8 Å². The lowest BCUT2D eigenvalue weighted by molar-refractivity contribution is -0.121. The summed E-state index contributed by atoms with van der Waals surface area (Å²) in [6.45, 7) is 1.42. The normalized spacial score (nSPS) is 16.6. The number of aromatic nitrogens is 1. The van der Waals surface area contributed by atoms with Crippen LogP contribution in [0, 0.1) is 5.92 Å². The number of likely N-dealkylation sites (tertiary alicyclic amines) is 1. The van der Waals surface area contributed by atoms with Crippen LogP contribution in [0.5, 0.6) is 17.2 Å². The molecule has 2 aliphatic rings. The van der Waals surface area contributed by atoms with E-state index < -0.39 is 0 Å². The number of carbonyl (C=O) groups is 2. The summed E-state index contributed by atoms with van der Waals surface area (Å²) in [6.07, 6.45) is 3.85. The van der Waals surface area contributed by atoms with Crippen molar-refractivity contribution in [3.05, 3.63) is 83.2 Å². The second-order valence-electron chi connectivity index (χ2n) is 9.30. The quantitative estimate of drug-likeness (QED) is 0.517. The molecule has 0 unspecified atom stereocenters. The molecule has 5 rings (SSSR count). The number of amides is 1. The molecule has 0 saturated carbocycles. The highest BCUT2D eigenvalue weighted by Gasteiger charge is 2.32. The molecule has 1 saturated heterocycles. The third-order valence-electron chi connectivity index (χ3n) is 7.16. The van der Waals surface area contributed by atoms with Crippen molar-refractivity contribution in [2.45, 2.75) is 25.2 Å². The Bertz CT molecular complexity index is 1250. The first kappa shape index (κ1) is 23.9. The van der Waals surface area contributed by atoms with Crippen LogP contribution < -0.4 is 14.2 Å². The Kier molecular flexibility index (Phi) is 6.89. The topological polar surface area (TPSA) is 78.0 Å². The van der Waals surface area contributed by atoms with E-state index in [0.717, 1.165) is 29.7 Å². The molecule has 3 heterocycles. The molecule has 0 radical (unpaired) electrons. The van der Waals surface area contributed by atoms with Crippen molar-refractivity contribution in [2.24, 2.45) is 5.92 Å². The summed E-state index contributed by atoms with van der Waals surface area (Å²) in [5.74, 6) is 2.50. The van der Waals surface area contributed by atoms with Gasteiger partial charge < -0.3 is 19.1 Å². The number of ketones is 1. The highest BCUT2D eigenvalue weighted by atomic mass is 16.5. The van der Waals surface area contributed by atoms with Crippen LogP contribution in [-0.2, 0) is 11.2 Å². The average molecular weight is 487 g/mol. The fourth-order valence-electron chi connectivity index (χ4n) is 5.32. The average Bonchev–Trinajstić information content (AvgIpc) is 2.93. The summed E-state index contributed by atoms with van der Waals surface area (Å²) in [5, 5.41) is 0. The van der Waals surface area contributed by atoms with Gasteiger partial charge in [0.1, 0.15) is 12.4 Å². The van der Waals surface area contributed by atoms with Crippen molar-refractivity contribution in [1.29, 1.82) is 0 Å². The number of ether oxygens (including phenoxy) is 3. The van der Waals surface area contributed by atoms with Crippen molar-refractivity contribution in [1.82, 2.24) is 9.88 Å². The molecule has 7 heteroatoms. The van der Waals surface area contributed by atoms with E-state index in [0.29, 0.717) is 48.2 Å². The van der Waals surface area contributed by atoms with Crippen molar-refractivity contribution in [3.8, 4) is 17.2 Å². The van der Waals surface area contributed by atoms with Gasteiger partial charge in [-0.2, -0.15) is 0 Å². The monoisotopic (exact) mass is 486 g/mol. The van der Waals surface area contributed by atoms with Gasteiger partial charge in [-0.3, -0.25) is 14.6 Å². The minimum Gasteiger partial charge on any atom is -0.493 e. The van der Waals surface area contributed by atoms with Gasteiger partial charge in [0.05, 0.1) is 14.2 Å². The predicted octanol–water partition coefficient (Wildman–Crippen LogP) is 4.29. The Balaban J connectivity index is 1.35. The molecular formula is C29H30N2O5. The largest absolute Gasteiger partial charge is 0.493 e. The van der Waals surface area contributed by atoms with Gasteiger partial charge in [-0.05, 0) is 66.8 Å². The summed E-state index contributed by atoms with van der Waals surface area (Å²) >= 11 is 0. The number of nitrogens with zero attached hydrogens (tertiary/aromatic N) is 2. The van der Waals surface area contributed by atoms with Gasteiger partial charge in [-0.15, -0.1) is 0 Å². The van der Waals surface area contributed by atoms with Gasteiger partial charge in [0.2, 0.25) is 0 Å². The number of benzene rings is 2. The molecular weight excluding hydrogens is 456 g/mol. The number of piperidine rings is 1. The van der Waals surface area contributed by atoms with Crippen molar-refractivity contribution < 1.29 is 23.8 Å². The minimum atomic E-state index is -0.00484. The summed E-state index contributed by atoms with van der Waals surface area (Å²) in [7, 11) is 3.28. The van der Waals surface area contributed by atoms with Crippen LogP contribution >= 0.6 is 0 Å². The van der Waals surface area contributed by atoms with Gasteiger partial charge in [0.25, 0.3) is 5.91 Å². The Morgan fingerprint density at radius 1 is 1.03 bits per heavy atom. The molecule has 1 fully saturated rings. The fourth-order valence-corrected chi connectivity index (χ4v) is 5.32. The molecule has 1 amide bonds. The molecule has 0 bridgehead atoms. The zero-order chi connectivity index (χ0) is 25.1. The minimum absolute atomic E-state index is 0.00484. The second kappa shape index (κ2) is 10.4. The number of methoxy groups -OCH3 is 2. The van der Waals surface area contributed by atoms with E-state index >= 15 is 0 Å². The summed E-state index contributed by atoms with van der Waals surface area (Å²) in [5.41, 5.74) is 3.52. The first-order valence-corrected chi connectivity index (χ1v) is 12.3. The predicted molar refractivity (Wildman–Crippen MR) is 135 cm³/mol. The third kappa shape index (κ3) is 4.78. The van der Waals surface area contributed by atoms with Gasteiger partial charge in [-0.25, -0.2) is 0 Å². The van der Waals surface area contributed by atoms with E-state index in [1.165, 1.54) is 0 Å². The number of rotatable bonds is 6. The number of fused-ring (bicyclic) bond motifs is 1. The Labute approximate surface area is 211 Å². The highest BCUT2D eigenvalue weighted by Crippen LogP contribution is 2.40. The fraction of sp³-hybridized carbons (Fsp3) is 0.345. The molecule has 1 atom stereocenters. The number of carbonyl (C=O) groups excluding carboxylic acids is 2. The summed E-state index contributed by atoms with van der Waals surface area (Å²) < 4.78 is 16.5. The first-order chi connectivity index (χ1) is 17.6. The van der Waals surface area contributed by atoms with Crippen LogP contribution in [0.4, 0.5) is 0 Å². The lowest BCUT2D eigenvalue weighted by Gasteiger charge is -2.36. The number of pyridine rings is 1. The standard InChI is InChI=1S/C29H30N2O5/c1-34-26-9-6-20(17-27(26)35-2)28(24-5-3-4-12-30-24)19-10-13-31(14-11-19)29(33)21-7-8-25-22(15-21)16-23(32)18-36-25/h3-9,12,15,17,19,28H,10-11,13-14,16,18H2,1-2H3/t28-/m1/s1. The van der Waals surface area contributed by atoms with Gasteiger partial charge >= 0.3 is 0 Å². The lowest BCUT2D eigenvalue weighted by atomic mass is 9.77. The smallest absolute Gasteiger partial charge is 0.253 e. The van der Waals surface area contributed by atoms with Crippen molar-refractivity contribution in [2.75, 3.05) is 33.9 Å². The zero-order valence-corrected chi connectivity index (χ0v) is 20.6. The van der Waals surface area contributed by atoms with Gasteiger partial charge in [0, 0.05) is 48.4 Å². The summed E-state index contributed by atoms with van der Waals surface area (Å²) in [4.78, 5) is 31.7. The Hall–Kier alpha value is -3.87. The molecule has 0 aliphatic carbocycles. The van der Waals surface area contributed by atoms with Crippen LogP contribution in [-0.4, -0.2) is 55.5 Å². The molecule has 2 aliphatic heterocycles. The highest BCUT2D eigenvalue weighted by molar-refractivity contribution is 5.95. The van der Waals surface area contributed by atoms with Crippen LogP contribution in [0.1, 0.15) is 45.9 Å². The maximum atomic E-state index is 13.3. The van der Waals surface area contributed by atoms with E-state index in [9.17, 15) is 9.59 Å². The summed E-state index contributed by atoms with van der Waals surface area (Å²) in [6, 6.07) is 17.5. The molecule has 0 N–H and O–H groups in total. The van der Waals surface area contributed by atoms with Crippen molar-refractivity contribution in [3.63, 3.8) is 0 Å². The molecule has 1 aromatic heterocycles. The number of Topliss-reactive ketones (excluding diaryl/α,β-unsaturated/α-hetero) is 1. The first-order valence-electron chi connectivity index (χ1n) is 12.3. The maximum Gasteiger partial charge on any atom is 0.253 e. The lowest BCUT2D eigenvalue weighted by Crippen LogP contribution is -2.40. The Morgan fingerprint density at radius 3 is 2.56 bits per heavy atom. The van der Waals surface area contributed by atoms with Crippen molar-refractivity contribution >= 4 is 11.7 Å². The van der Waals surface area contributed by atoms with E-state index in [2.05, 4.69) is 17.1 Å². The molecule has 186 valence electrons. The molecule has 2 aromatic carbocycles. The Morgan fingerprint density at radius 2 is 1.83 bits per heavy atom.